The molecule has 0 bridgehead atoms. The molecule has 0 radical (unpaired) electrons. The minimum atomic E-state index is 0.470. The van der Waals surface area contributed by atoms with Crippen LogP contribution in [0.3, 0.4) is 0 Å². The van der Waals surface area contributed by atoms with Gasteiger partial charge >= 0.3 is 0 Å². The summed E-state index contributed by atoms with van der Waals surface area (Å²) in [4.78, 5) is 5.32. The predicted octanol–water partition coefficient (Wildman–Crippen LogP) is 5.75. The molecule has 0 aromatic carbocycles. The van der Waals surface area contributed by atoms with Gasteiger partial charge in [0.25, 0.3) is 0 Å². The molecule has 0 aromatic rings. The highest BCUT2D eigenvalue weighted by Crippen LogP contribution is 2.62. The van der Waals surface area contributed by atoms with Crippen LogP contribution >= 0.6 is 0 Å². The molecule has 0 aliphatic heterocycles. The van der Waals surface area contributed by atoms with E-state index in [-0.39, 0.29) is 0 Å². The number of hydrogen-bond acceptors (Lipinski definition) is 2. The van der Waals surface area contributed by atoms with E-state index in [1.54, 1.807) is 5.57 Å². The largest absolute Gasteiger partial charge is 0.416 e. The van der Waals surface area contributed by atoms with E-state index in [0.29, 0.717) is 11.3 Å². The molecule has 2 nitrogen and oxygen atoms in total. The van der Waals surface area contributed by atoms with Gasteiger partial charge in [-0.05, 0) is 80.6 Å². The van der Waals surface area contributed by atoms with Gasteiger partial charge in [-0.2, -0.15) is 5.90 Å². The van der Waals surface area contributed by atoms with E-state index in [2.05, 4.69) is 33.8 Å². The average molecular weight is 318 g/mol. The summed E-state index contributed by atoms with van der Waals surface area (Å²) < 4.78 is 0. The van der Waals surface area contributed by atoms with Crippen LogP contribution in [-0.2, 0) is 4.84 Å². The molecular formula is C21H35NO. The maximum atomic E-state index is 5.62. The minimum absolute atomic E-state index is 0.470. The van der Waals surface area contributed by atoms with Crippen molar-refractivity contribution in [2.75, 3.05) is 0 Å². The number of fused-ring (bicyclic) bond motifs is 3. The van der Waals surface area contributed by atoms with Crippen LogP contribution in [0, 0.1) is 29.1 Å². The second-order valence-electron chi connectivity index (χ2n) is 8.54. The van der Waals surface area contributed by atoms with Gasteiger partial charge in [-0.1, -0.05) is 38.8 Å². The van der Waals surface area contributed by atoms with E-state index in [0.717, 1.165) is 23.5 Å². The zero-order valence-corrected chi connectivity index (χ0v) is 15.5. The molecule has 2 heteroatoms. The molecule has 0 saturated heterocycles. The quantitative estimate of drug-likeness (QED) is 0.531. The summed E-state index contributed by atoms with van der Waals surface area (Å²) in [6, 6.07) is 0. The Morgan fingerprint density at radius 1 is 1.22 bits per heavy atom. The summed E-state index contributed by atoms with van der Waals surface area (Å²) in [7, 11) is 0. The van der Waals surface area contributed by atoms with Crippen LogP contribution in [0.1, 0.15) is 79.1 Å². The lowest BCUT2D eigenvalue weighted by Crippen LogP contribution is -2.41. The summed E-state index contributed by atoms with van der Waals surface area (Å²) >= 11 is 0. The predicted molar refractivity (Wildman–Crippen MR) is 96.4 cm³/mol. The molecule has 0 heterocycles. The molecule has 5 atom stereocenters. The highest BCUT2D eigenvalue weighted by molar-refractivity contribution is 5.25. The van der Waals surface area contributed by atoms with Crippen molar-refractivity contribution in [2.24, 2.45) is 35.0 Å². The minimum Gasteiger partial charge on any atom is -0.416 e. The molecular weight excluding hydrogens is 282 g/mol. The van der Waals surface area contributed by atoms with Crippen molar-refractivity contribution in [1.29, 1.82) is 0 Å². The Morgan fingerprint density at radius 2 is 2.00 bits per heavy atom. The van der Waals surface area contributed by atoms with Gasteiger partial charge in [-0.25, -0.2) is 0 Å². The molecule has 0 amide bonds. The third-order valence-corrected chi connectivity index (χ3v) is 7.48. The van der Waals surface area contributed by atoms with Crippen molar-refractivity contribution < 1.29 is 4.84 Å². The van der Waals surface area contributed by atoms with Crippen LogP contribution in [0.5, 0.6) is 0 Å². The number of allylic oxidation sites excluding steroid dienone is 4. The topological polar surface area (TPSA) is 35.2 Å². The van der Waals surface area contributed by atoms with Gasteiger partial charge in [0.15, 0.2) is 0 Å². The normalized spacial score (nSPS) is 42.4. The Morgan fingerprint density at radius 3 is 2.70 bits per heavy atom. The zero-order chi connectivity index (χ0) is 16.6. The number of nitrogens with two attached hydrogens (primary N) is 1. The Balaban J connectivity index is 1.87. The lowest BCUT2D eigenvalue weighted by molar-refractivity contribution is 0.0255. The second kappa shape index (κ2) is 6.63. The molecule has 2 fully saturated rings. The van der Waals surface area contributed by atoms with Gasteiger partial charge in [-0.3, -0.25) is 0 Å². The summed E-state index contributed by atoms with van der Waals surface area (Å²) in [6.45, 7) is 9.42. The van der Waals surface area contributed by atoms with Gasteiger partial charge < -0.3 is 4.84 Å². The Bertz CT molecular complexity index is 506. The monoisotopic (exact) mass is 317 g/mol. The van der Waals surface area contributed by atoms with Crippen LogP contribution in [0.4, 0.5) is 0 Å². The third kappa shape index (κ3) is 2.77. The first kappa shape index (κ1) is 17.1. The zero-order valence-electron chi connectivity index (χ0n) is 15.5. The summed E-state index contributed by atoms with van der Waals surface area (Å²) in [5.41, 5.74) is 3.63. The number of rotatable bonds is 3. The molecule has 0 spiro atoms. The van der Waals surface area contributed by atoms with Gasteiger partial charge in [0, 0.05) is 5.92 Å². The van der Waals surface area contributed by atoms with Crippen molar-refractivity contribution in [2.45, 2.75) is 79.1 Å². The summed E-state index contributed by atoms with van der Waals surface area (Å²) in [5.74, 6) is 9.67. The lowest BCUT2D eigenvalue weighted by Gasteiger charge is -2.48. The standard InChI is InChI=1S/C21H35NO/c1-5-6-7-16-9-11-19-18-10-8-14(2)20(23-22)15(3)17(18)12-13-21(16,19)4/h7,15,17-19H,5-6,8-13,22H2,1-4H3/b16-7-/t15-,17+,18?,19?,21?/m1/s1. The molecule has 130 valence electrons. The van der Waals surface area contributed by atoms with Gasteiger partial charge in [-0.15, -0.1) is 0 Å². The smallest absolute Gasteiger partial charge is 0.125 e. The molecule has 0 aromatic heterocycles. The molecule has 23 heavy (non-hydrogen) atoms. The summed E-state index contributed by atoms with van der Waals surface area (Å²) in [5, 5.41) is 0. The second-order valence-corrected chi connectivity index (χ2v) is 8.54. The van der Waals surface area contributed by atoms with Crippen molar-refractivity contribution in [3.8, 4) is 0 Å². The van der Waals surface area contributed by atoms with Gasteiger partial charge in [0.2, 0.25) is 0 Å². The van der Waals surface area contributed by atoms with Crippen LogP contribution in [-0.4, -0.2) is 0 Å². The number of unbranched alkanes of at least 4 members (excludes halogenated alkanes) is 1. The maximum Gasteiger partial charge on any atom is 0.125 e. The Hall–Kier alpha value is -0.760. The van der Waals surface area contributed by atoms with E-state index >= 15 is 0 Å². The van der Waals surface area contributed by atoms with E-state index in [9.17, 15) is 0 Å². The Kier molecular flexibility index (Phi) is 4.92. The van der Waals surface area contributed by atoms with Crippen molar-refractivity contribution in [3.63, 3.8) is 0 Å². The molecule has 3 aliphatic rings. The molecule has 3 aliphatic carbocycles. The lowest BCUT2D eigenvalue weighted by atomic mass is 9.56. The maximum absolute atomic E-state index is 5.62. The van der Waals surface area contributed by atoms with Crippen LogP contribution < -0.4 is 5.90 Å². The van der Waals surface area contributed by atoms with Crippen molar-refractivity contribution in [1.82, 2.24) is 0 Å². The van der Waals surface area contributed by atoms with Gasteiger partial charge in [0.05, 0.1) is 0 Å². The van der Waals surface area contributed by atoms with Crippen LogP contribution in [0.25, 0.3) is 0 Å². The number of hydrogen-bond donors (Lipinski definition) is 1. The van der Waals surface area contributed by atoms with Crippen LogP contribution in [0.15, 0.2) is 23.0 Å². The van der Waals surface area contributed by atoms with Crippen molar-refractivity contribution in [3.05, 3.63) is 23.0 Å². The molecule has 2 saturated carbocycles. The Labute approximate surface area is 142 Å². The van der Waals surface area contributed by atoms with Crippen LogP contribution in [0.2, 0.25) is 0 Å². The van der Waals surface area contributed by atoms with E-state index in [1.807, 2.05) is 0 Å². The van der Waals surface area contributed by atoms with E-state index < -0.39 is 0 Å². The third-order valence-electron chi connectivity index (χ3n) is 7.48. The van der Waals surface area contributed by atoms with Gasteiger partial charge in [0.1, 0.15) is 5.76 Å². The highest BCUT2D eigenvalue weighted by atomic mass is 16.6. The fourth-order valence-corrected chi connectivity index (χ4v) is 6.15. The fraction of sp³-hybridized carbons (Fsp3) is 0.810. The molecule has 2 N–H and O–H groups in total. The first-order chi connectivity index (χ1) is 11.0. The highest BCUT2D eigenvalue weighted by Gasteiger charge is 2.52. The SMILES string of the molecule is CCC/C=C1/CCC2C3CCC(C)=C(ON)[C@H](C)[C@@H]3CCC12C. The van der Waals surface area contributed by atoms with Crippen molar-refractivity contribution >= 4 is 0 Å². The first-order valence-electron chi connectivity index (χ1n) is 9.78. The molecule has 3 rings (SSSR count). The van der Waals surface area contributed by atoms with E-state index in [1.165, 1.54) is 56.9 Å². The van der Waals surface area contributed by atoms with E-state index in [4.69, 9.17) is 10.7 Å². The average Bonchev–Trinajstić information content (AvgIpc) is 2.81. The first-order valence-corrected chi connectivity index (χ1v) is 9.78. The summed E-state index contributed by atoms with van der Waals surface area (Å²) in [6.07, 6.45) is 13.0. The fourth-order valence-electron chi connectivity index (χ4n) is 6.15. The molecule has 3 unspecified atom stereocenters.